The van der Waals surface area contributed by atoms with Gasteiger partial charge in [-0.1, -0.05) is 58.4 Å². The van der Waals surface area contributed by atoms with Crippen LogP contribution in [0, 0.1) is 11.8 Å². The highest BCUT2D eigenvalue weighted by Gasteiger charge is 2.22. The highest BCUT2D eigenvalue weighted by atomic mass is 16.5. The molecule has 3 heteroatoms. The molecule has 0 aliphatic carbocycles. The van der Waals surface area contributed by atoms with Crippen LogP contribution >= 0.6 is 0 Å². The number of ether oxygens (including phenoxy) is 1. The molecule has 29 heavy (non-hydrogen) atoms. The van der Waals surface area contributed by atoms with Crippen molar-refractivity contribution < 1.29 is 14.6 Å². The van der Waals surface area contributed by atoms with Crippen LogP contribution in [-0.2, 0) is 16.6 Å². The Balaban J connectivity index is 2.28. The smallest absolute Gasteiger partial charge is 0.338 e. The third-order valence-corrected chi connectivity index (χ3v) is 5.22. The molecule has 2 aromatic carbocycles. The van der Waals surface area contributed by atoms with Gasteiger partial charge in [0.2, 0.25) is 0 Å². The molecule has 0 bridgehead atoms. The Labute approximate surface area is 175 Å². The van der Waals surface area contributed by atoms with Gasteiger partial charge in [-0.15, -0.1) is 0 Å². The van der Waals surface area contributed by atoms with Crippen LogP contribution in [0.25, 0.3) is 0 Å². The van der Waals surface area contributed by atoms with Gasteiger partial charge >= 0.3 is 5.97 Å². The van der Waals surface area contributed by atoms with Crippen LogP contribution in [0.4, 0.5) is 0 Å². The highest BCUT2D eigenvalue weighted by Crippen LogP contribution is 2.32. The number of aromatic hydroxyl groups is 1. The van der Waals surface area contributed by atoms with Crippen LogP contribution in [0.3, 0.4) is 0 Å². The zero-order valence-corrected chi connectivity index (χ0v) is 18.3. The van der Waals surface area contributed by atoms with Gasteiger partial charge in [0.1, 0.15) is 5.75 Å². The van der Waals surface area contributed by atoms with Crippen molar-refractivity contribution in [1.29, 1.82) is 0 Å². The van der Waals surface area contributed by atoms with E-state index in [-0.39, 0.29) is 11.2 Å². The van der Waals surface area contributed by atoms with Crippen molar-refractivity contribution in [3.05, 3.63) is 64.2 Å². The van der Waals surface area contributed by atoms with Crippen molar-refractivity contribution in [2.75, 3.05) is 6.61 Å². The van der Waals surface area contributed by atoms with E-state index in [9.17, 15) is 9.90 Å². The molecule has 0 amide bonds. The Morgan fingerprint density at radius 1 is 1.07 bits per heavy atom. The van der Waals surface area contributed by atoms with Gasteiger partial charge in [0.05, 0.1) is 17.7 Å². The number of hydrogen-bond donors (Lipinski definition) is 1. The summed E-state index contributed by atoms with van der Waals surface area (Å²) in [5.74, 6) is 5.70. The summed E-state index contributed by atoms with van der Waals surface area (Å²) < 4.78 is 4.95. The number of hydrogen-bond acceptors (Lipinski definition) is 3. The molecule has 2 aromatic rings. The molecule has 0 atom stereocenters. The molecule has 0 fully saturated rings. The molecule has 0 aliphatic heterocycles. The Hall–Kier alpha value is -2.73. The second-order valence-corrected chi connectivity index (χ2v) is 7.92. The molecule has 0 aromatic heterocycles. The number of carbonyl (C=O) groups excluding carboxylic acids is 1. The van der Waals surface area contributed by atoms with E-state index in [1.807, 2.05) is 0 Å². The maximum Gasteiger partial charge on any atom is 0.338 e. The molecule has 0 spiro atoms. The summed E-state index contributed by atoms with van der Waals surface area (Å²) in [6.45, 7) is 11.1. The first-order valence-electron chi connectivity index (χ1n) is 10.5. The molecule has 1 N–H and O–H groups in total. The number of unbranched alkanes of at least 4 members (excludes halogenated alkanes) is 1. The van der Waals surface area contributed by atoms with Crippen LogP contribution in [0.2, 0.25) is 0 Å². The first kappa shape index (κ1) is 22.6. The quantitative estimate of drug-likeness (QED) is 0.464. The molecule has 3 nitrogen and oxygen atoms in total. The molecular formula is C26H32O3. The molecule has 0 aliphatic rings. The predicted molar refractivity (Wildman–Crippen MR) is 118 cm³/mol. The van der Waals surface area contributed by atoms with E-state index in [4.69, 9.17) is 4.74 Å². The minimum Gasteiger partial charge on any atom is -0.507 e. The fourth-order valence-corrected chi connectivity index (χ4v) is 3.50. The zero-order valence-electron chi connectivity index (χ0n) is 18.3. The monoisotopic (exact) mass is 392 g/mol. The predicted octanol–water partition coefficient (Wildman–Crippen LogP) is 6.00. The van der Waals surface area contributed by atoms with E-state index < -0.39 is 5.97 Å². The number of esters is 1. The van der Waals surface area contributed by atoms with E-state index in [2.05, 4.69) is 57.7 Å². The van der Waals surface area contributed by atoms with Gasteiger partial charge in [0.15, 0.2) is 0 Å². The van der Waals surface area contributed by atoms with Gasteiger partial charge in [0, 0.05) is 5.56 Å². The molecule has 0 heterocycles. The van der Waals surface area contributed by atoms with E-state index in [0.29, 0.717) is 17.7 Å². The normalized spacial score (nSPS) is 10.9. The second kappa shape index (κ2) is 10.2. The van der Waals surface area contributed by atoms with Crippen LogP contribution in [0.15, 0.2) is 36.4 Å². The zero-order chi connectivity index (χ0) is 21.4. The third kappa shape index (κ3) is 5.87. The van der Waals surface area contributed by atoms with E-state index >= 15 is 0 Å². The van der Waals surface area contributed by atoms with Gasteiger partial charge in [-0.3, -0.25) is 0 Å². The van der Waals surface area contributed by atoms with E-state index in [1.54, 1.807) is 19.1 Å². The lowest BCUT2D eigenvalue weighted by Crippen LogP contribution is -2.19. The minimum atomic E-state index is -0.448. The highest BCUT2D eigenvalue weighted by molar-refractivity contribution is 5.90. The Kier molecular flexibility index (Phi) is 7.91. The average Bonchev–Trinajstić information content (AvgIpc) is 2.71. The van der Waals surface area contributed by atoms with Crippen LogP contribution in [0.1, 0.15) is 86.5 Å². The summed E-state index contributed by atoms with van der Waals surface area (Å²) in [6, 6.07) is 11.1. The first-order valence-corrected chi connectivity index (χ1v) is 10.5. The molecule has 0 unspecified atom stereocenters. The lowest BCUT2D eigenvalue weighted by molar-refractivity contribution is 0.0526. The van der Waals surface area contributed by atoms with Crippen molar-refractivity contribution in [3.63, 3.8) is 0 Å². The maximum absolute atomic E-state index is 11.8. The summed E-state index contributed by atoms with van der Waals surface area (Å²) in [6.07, 6.45) is 4.55. The standard InChI is InChI=1S/C26H32O3/c1-6-9-16-26(4,5)23-15-11-19(17-20(23)7-2)10-12-21-13-14-22(18-24(21)27)25(28)29-8-3/h11,13-15,17-18,27H,6-9,16H2,1-5H3. The number of aryl methyl sites for hydroxylation is 1. The SMILES string of the molecule is CCCCC(C)(C)c1ccc(C#Cc2ccc(C(=O)OCC)cc2O)cc1CC. The lowest BCUT2D eigenvalue weighted by atomic mass is 9.77. The van der Waals surface area contributed by atoms with Gasteiger partial charge < -0.3 is 9.84 Å². The van der Waals surface area contributed by atoms with Gasteiger partial charge in [-0.2, -0.15) is 0 Å². The Morgan fingerprint density at radius 2 is 1.83 bits per heavy atom. The Bertz CT molecular complexity index is 913. The van der Waals surface area contributed by atoms with Gasteiger partial charge in [0.25, 0.3) is 0 Å². The van der Waals surface area contributed by atoms with Crippen LogP contribution in [0.5, 0.6) is 5.75 Å². The number of phenolic OH excluding ortho intramolecular Hbond substituents is 1. The van der Waals surface area contributed by atoms with Crippen molar-refractivity contribution in [3.8, 4) is 17.6 Å². The number of rotatable bonds is 7. The number of benzene rings is 2. The van der Waals surface area contributed by atoms with Crippen molar-refractivity contribution in [2.45, 2.75) is 65.7 Å². The van der Waals surface area contributed by atoms with Gasteiger partial charge in [-0.25, -0.2) is 4.79 Å². The summed E-state index contributed by atoms with van der Waals surface area (Å²) in [7, 11) is 0. The topological polar surface area (TPSA) is 46.5 Å². The number of phenols is 1. The number of carbonyl (C=O) groups is 1. The summed E-state index contributed by atoms with van der Waals surface area (Å²) in [5, 5.41) is 10.2. The van der Waals surface area contributed by atoms with Gasteiger partial charge in [-0.05, 0) is 66.6 Å². The summed E-state index contributed by atoms with van der Waals surface area (Å²) in [4.78, 5) is 11.8. The lowest BCUT2D eigenvalue weighted by Gasteiger charge is -2.28. The second-order valence-electron chi connectivity index (χ2n) is 7.92. The van der Waals surface area contributed by atoms with E-state index in [0.717, 1.165) is 12.0 Å². The maximum atomic E-state index is 11.8. The van der Waals surface area contributed by atoms with E-state index in [1.165, 1.54) is 36.5 Å². The largest absolute Gasteiger partial charge is 0.507 e. The molecule has 0 saturated carbocycles. The molecule has 0 saturated heterocycles. The van der Waals surface area contributed by atoms with Crippen molar-refractivity contribution in [1.82, 2.24) is 0 Å². The molecular weight excluding hydrogens is 360 g/mol. The molecule has 154 valence electrons. The average molecular weight is 393 g/mol. The summed E-state index contributed by atoms with van der Waals surface area (Å²) >= 11 is 0. The van der Waals surface area contributed by atoms with Crippen LogP contribution < -0.4 is 0 Å². The minimum absolute atomic E-state index is 0.0175. The Morgan fingerprint density at radius 3 is 2.45 bits per heavy atom. The molecule has 0 radical (unpaired) electrons. The van der Waals surface area contributed by atoms with Crippen LogP contribution in [-0.4, -0.2) is 17.7 Å². The fraction of sp³-hybridized carbons (Fsp3) is 0.423. The van der Waals surface area contributed by atoms with Crippen molar-refractivity contribution in [2.24, 2.45) is 0 Å². The summed E-state index contributed by atoms with van der Waals surface area (Å²) in [5.41, 5.74) is 4.59. The molecule has 2 rings (SSSR count). The first-order chi connectivity index (χ1) is 13.8. The van der Waals surface area contributed by atoms with Crippen molar-refractivity contribution >= 4 is 5.97 Å². The third-order valence-electron chi connectivity index (χ3n) is 5.22. The fourth-order valence-electron chi connectivity index (χ4n) is 3.50.